The fourth-order valence-corrected chi connectivity index (χ4v) is 2.85. The Morgan fingerprint density at radius 3 is 3.00 bits per heavy atom. The Hall–Kier alpha value is -0.380. The van der Waals surface area contributed by atoms with Crippen LogP contribution in [0.1, 0.15) is 24.9 Å². The van der Waals surface area contributed by atoms with E-state index >= 15 is 0 Å². The Kier molecular flexibility index (Phi) is 4.60. The lowest BCUT2D eigenvalue weighted by Gasteiger charge is -2.18. The predicted molar refractivity (Wildman–Crippen MR) is 76.2 cm³/mol. The normalized spacial score (nSPS) is 22.9. The first-order chi connectivity index (χ1) is 8.15. The van der Waals surface area contributed by atoms with Gasteiger partial charge < -0.3 is 10.2 Å². The van der Waals surface area contributed by atoms with Crippen LogP contribution >= 0.6 is 15.9 Å². The van der Waals surface area contributed by atoms with E-state index < -0.39 is 0 Å². The van der Waals surface area contributed by atoms with Crippen LogP contribution in [0.3, 0.4) is 0 Å². The lowest BCUT2D eigenvalue weighted by molar-refractivity contribution is 0.382. The van der Waals surface area contributed by atoms with E-state index in [1.165, 1.54) is 25.1 Å². The second-order valence-corrected chi connectivity index (χ2v) is 6.02. The minimum atomic E-state index is 0.429. The Balaban J connectivity index is 1.83. The minimum absolute atomic E-state index is 0.429. The van der Waals surface area contributed by atoms with Gasteiger partial charge in [0.15, 0.2) is 0 Å². The number of hydrogen-bond donors (Lipinski definition) is 1. The summed E-state index contributed by atoms with van der Waals surface area (Å²) >= 11 is 3.52. The number of likely N-dealkylation sites (tertiary alicyclic amines) is 1. The summed E-state index contributed by atoms with van der Waals surface area (Å²) in [6.07, 6.45) is 1.33. The molecule has 0 bridgehead atoms. The molecule has 0 radical (unpaired) electrons. The van der Waals surface area contributed by atoms with Crippen LogP contribution in [0.4, 0.5) is 0 Å². The molecule has 17 heavy (non-hydrogen) atoms. The van der Waals surface area contributed by atoms with Gasteiger partial charge in [-0.1, -0.05) is 28.1 Å². The molecular weight excluding hydrogens is 276 g/mol. The third-order valence-corrected chi connectivity index (χ3v) is 4.04. The molecule has 2 nitrogen and oxygen atoms in total. The quantitative estimate of drug-likeness (QED) is 0.919. The molecule has 1 heterocycles. The van der Waals surface area contributed by atoms with Gasteiger partial charge in [-0.05, 0) is 57.1 Å². The maximum Gasteiger partial charge on any atom is 0.0292 e. The van der Waals surface area contributed by atoms with Crippen LogP contribution in [-0.2, 0) is 0 Å². The highest BCUT2D eigenvalue weighted by atomic mass is 79.9. The molecule has 1 N–H and O–H groups in total. The summed E-state index contributed by atoms with van der Waals surface area (Å²) in [4.78, 5) is 2.41. The zero-order chi connectivity index (χ0) is 12.3. The zero-order valence-corrected chi connectivity index (χ0v) is 12.2. The molecule has 0 amide bonds. The molecular formula is C14H21BrN2. The van der Waals surface area contributed by atoms with E-state index in [4.69, 9.17) is 0 Å². The van der Waals surface area contributed by atoms with Crippen molar-refractivity contribution in [2.45, 2.75) is 19.4 Å². The summed E-state index contributed by atoms with van der Waals surface area (Å²) < 4.78 is 1.16. The van der Waals surface area contributed by atoms with Crippen LogP contribution in [0.2, 0.25) is 0 Å². The number of nitrogens with one attached hydrogen (secondary N) is 1. The molecule has 0 spiro atoms. The summed E-state index contributed by atoms with van der Waals surface area (Å²) in [7, 11) is 2.21. The molecule has 1 aliphatic rings. The van der Waals surface area contributed by atoms with E-state index in [-0.39, 0.29) is 0 Å². The average Bonchev–Trinajstić information content (AvgIpc) is 2.72. The van der Waals surface area contributed by atoms with Crippen molar-refractivity contribution in [1.29, 1.82) is 0 Å². The second kappa shape index (κ2) is 5.98. The lowest BCUT2D eigenvalue weighted by Crippen LogP contribution is -2.27. The van der Waals surface area contributed by atoms with Crippen LogP contribution < -0.4 is 5.32 Å². The predicted octanol–water partition coefficient (Wildman–Crippen LogP) is 3.05. The highest BCUT2D eigenvalue weighted by Gasteiger charge is 2.19. The van der Waals surface area contributed by atoms with Crippen molar-refractivity contribution in [3.8, 4) is 0 Å². The van der Waals surface area contributed by atoms with Crippen molar-refractivity contribution in [3.63, 3.8) is 0 Å². The topological polar surface area (TPSA) is 15.3 Å². The second-order valence-electron chi connectivity index (χ2n) is 5.10. The fourth-order valence-electron chi connectivity index (χ4n) is 2.43. The largest absolute Gasteiger partial charge is 0.310 e. The number of nitrogens with zero attached hydrogens (tertiary/aromatic N) is 1. The van der Waals surface area contributed by atoms with E-state index in [0.29, 0.717) is 6.04 Å². The van der Waals surface area contributed by atoms with Crippen LogP contribution in [0, 0.1) is 5.92 Å². The molecule has 0 aromatic heterocycles. The Labute approximate surface area is 113 Å². The van der Waals surface area contributed by atoms with Crippen LogP contribution in [0.5, 0.6) is 0 Å². The fraction of sp³-hybridized carbons (Fsp3) is 0.571. The number of halogens is 1. The third kappa shape index (κ3) is 3.80. The van der Waals surface area contributed by atoms with Crippen molar-refractivity contribution in [2.75, 3.05) is 26.7 Å². The first-order valence-corrected chi connectivity index (χ1v) is 7.12. The van der Waals surface area contributed by atoms with E-state index in [2.05, 4.69) is 64.4 Å². The highest BCUT2D eigenvalue weighted by Crippen LogP contribution is 2.19. The van der Waals surface area contributed by atoms with Crippen molar-refractivity contribution in [3.05, 3.63) is 34.3 Å². The van der Waals surface area contributed by atoms with Gasteiger partial charge in [0, 0.05) is 17.1 Å². The summed E-state index contributed by atoms with van der Waals surface area (Å²) in [6.45, 7) is 5.84. The summed E-state index contributed by atoms with van der Waals surface area (Å²) in [5.74, 6) is 0.814. The molecule has 2 rings (SSSR count). The summed E-state index contributed by atoms with van der Waals surface area (Å²) in [6, 6.07) is 8.98. The average molecular weight is 297 g/mol. The number of rotatable bonds is 4. The molecule has 1 aromatic rings. The molecule has 1 aliphatic heterocycles. The molecule has 1 fully saturated rings. The molecule has 0 aliphatic carbocycles. The molecule has 3 heteroatoms. The van der Waals surface area contributed by atoms with Gasteiger partial charge >= 0.3 is 0 Å². The van der Waals surface area contributed by atoms with Crippen molar-refractivity contribution in [1.82, 2.24) is 10.2 Å². The number of benzene rings is 1. The monoisotopic (exact) mass is 296 g/mol. The zero-order valence-electron chi connectivity index (χ0n) is 10.6. The van der Waals surface area contributed by atoms with E-state index in [9.17, 15) is 0 Å². The lowest BCUT2D eigenvalue weighted by atomic mass is 10.1. The van der Waals surface area contributed by atoms with Gasteiger partial charge in [0.25, 0.3) is 0 Å². The third-order valence-electron chi connectivity index (χ3n) is 3.55. The molecule has 0 saturated carbocycles. The molecule has 1 aromatic carbocycles. The Bertz CT molecular complexity index is 367. The van der Waals surface area contributed by atoms with E-state index in [1.807, 2.05) is 0 Å². The smallest absolute Gasteiger partial charge is 0.0292 e. The van der Waals surface area contributed by atoms with Crippen LogP contribution in [0.15, 0.2) is 28.7 Å². The van der Waals surface area contributed by atoms with Gasteiger partial charge in [-0.2, -0.15) is 0 Å². The Morgan fingerprint density at radius 2 is 2.35 bits per heavy atom. The summed E-state index contributed by atoms with van der Waals surface area (Å²) in [5, 5.41) is 3.64. The van der Waals surface area contributed by atoms with Gasteiger partial charge in [-0.15, -0.1) is 0 Å². The van der Waals surface area contributed by atoms with Crippen molar-refractivity contribution in [2.24, 2.45) is 5.92 Å². The van der Waals surface area contributed by atoms with Crippen molar-refractivity contribution >= 4 is 15.9 Å². The SMILES string of the molecule is CC(NCC1CCN(C)C1)c1cccc(Br)c1. The van der Waals surface area contributed by atoms with E-state index in [0.717, 1.165) is 16.9 Å². The van der Waals surface area contributed by atoms with Gasteiger partial charge in [0.05, 0.1) is 0 Å². The maximum atomic E-state index is 3.64. The van der Waals surface area contributed by atoms with Gasteiger partial charge in [0.2, 0.25) is 0 Å². The molecule has 2 atom stereocenters. The highest BCUT2D eigenvalue weighted by molar-refractivity contribution is 9.10. The first-order valence-electron chi connectivity index (χ1n) is 6.32. The van der Waals surface area contributed by atoms with Gasteiger partial charge in [-0.3, -0.25) is 0 Å². The summed E-state index contributed by atoms with van der Waals surface area (Å²) in [5.41, 5.74) is 1.35. The molecule has 94 valence electrons. The van der Waals surface area contributed by atoms with Gasteiger partial charge in [0.1, 0.15) is 0 Å². The minimum Gasteiger partial charge on any atom is -0.310 e. The van der Waals surface area contributed by atoms with Crippen LogP contribution in [-0.4, -0.2) is 31.6 Å². The number of hydrogen-bond acceptors (Lipinski definition) is 2. The van der Waals surface area contributed by atoms with Crippen molar-refractivity contribution < 1.29 is 0 Å². The maximum absolute atomic E-state index is 3.64. The van der Waals surface area contributed by atoms with Gasteiger partial charge in [-0.25, -0.2) is 0 Å². The van der Waals surface area contributed by atoms with E-state index in [1.54, 1.807) is 0 Å². The van der Waals surface area contributed by atoms with Crippen LogP contribution in [0.25, 0.3) is 0 Å². The molecule has 2 unspecified atom stereocenters. The molecule has 1 saturated heterocycles. The Morgan fingerprint density at radius 1 is 1.53 bits per heavy atom. The standard InChI is InChI=1S/C14H21BrN2/c1-11(13-4-3-5-14(15)8-13)16-9-12-6-7-17(2)10-12/h3-5,8,11-12,16H,6-7,9-10H2,1-2H3. The first kappa shape index (κ1) is 13.1.